The molecule has 0 fully saturated rings. The molecule has 0 atom stereocenters. The summed E-state index contributed by atoms with van der Waals surface area (Å²) in [5.74, 6) is -0.597. The third kappa shape index (κ3) is 2.05. The molecule has 58 valence electrons. The highest BCUT2D eigenvalue weighted by molar-refractivity contribution is 7.80. The number of ether oxygens (including phenoxy) is 1. The molecule has 0 unspecified atom stereocenters. The van der Waals surface area contributed by atoms with Crippen molar-refractivity contribution in [3.63, 3.8) is 0 Å². The van der Waals surface area contributed by atoms with Gasteiger partial charge >= 0.3 is 5.97 Å². The first kappa shape index (κ1) is 7.74. The summed E-state index contributed by atoms with van der Waals surface area (Å²) >= 11 is 4.34. The number of carbonyl (C=O) groups is 1. The molecular weight excluding hydrogens is 166 g/mol. The number of furan rings is 1. The van der Waals surface area contributed by atoms with Gasteiger partial charge in [-0.3, -0.25) is 0 Å². The zero-order valence-electron chi connectivity index (χ0n) is 5.44. The Morgan fingerprint density at radius 2 is 2.45 bits per heavy atom. The van der Waals surface area contributed by atoms with Crippen LogP contribution in [0.1, 0.15) is 10.6 Å². The zero-order chi connectivity index (χ0) is 8.27. The van der Waals surface area contributed by atoms with Gasteiger partial charge in [0.05, 0.1) is 6.26 Å². The topological polar surface area (TPSA) is 65.5 Å². The van der Waals surface area contributed by atoms with Crippen molar-refractivity contribution in [1.29, 1.82) is 0 Å². The van der Waals surface area contributed by atoms with E-state index in [0.29, 0.717) is 0 Å². The summed E-state index contributed by atoms with van der Waals surface area (Å²) in [7, 11) is 0. The van der Waals surface area contributed by atoms with Crippen molar-refractivity contribution < 1.29 is 13.9 Å². The molecule has 0 spiro atoms. The predicted octanol–water partition coefficient (Wildman–Crippen LogP) is 0.680. The molecule has 1 aromatic rings. The molecular formula is C6H5NO3S. The standard InChI is InChI=1S/C6H5NO3S/c7-6(11)10-5(8)4-2-1-3-9-4/h1-3H,(H2,7,11). The molecule has 0 aliphatic heterocycles. The Labute approximate surface area is 67.9 Å². The van der Waals surface area contributed by atoms with Crippen LogP contribution in [0, 0.1) is 0 Å². The maximum absolute atomic E-state index is 10.8. The SMILES string of the molecule is NC(=S)OC(=O)c1ccco1. The van der Waals surface area contributed by atoms with E-state index in [-0.39, 0.29) is 10.9 Å². The molecule has 0 saturated heterocycles. The van der Waals surface area contributed by atoms with Crippen LogP contribution in [0.5, 0.6) is 0 Å². The average molecular weight is 171 g/mol. The smallest absolute Gasteiger partial charge is 0.381 e. The van der Waals surface area contributed by atoms with Crippen molar-refractivity contribution >= 4 is 23.4 Å². The van der Waals surface area contributed by atoms with E-state index < -0.39 is 5.97 Å². The molecule has 0 aliphatic carbocycles. The molecule has 5 heteroatoms. The number of esters is 1. The van der Waals surface area contributed by atoms with E-state index in [4.69, 9.17) is 10.2 Å². The van der Waals surface area contributed by atoms with Crippen molar-refractivity contribution in [3.05, 3.63) is 24.2 Å². The molecule has 0 aromatic carbocycles. The van der Waals surface area contributed by atoms with Crippen LogP contribution in [0.15, 0.2) is 22.8 Å². The Morgan fingerprint density at radius 1 is 1.73 bits per heavy atom. The van der Waals surface area contributed by atoms with Gasteiger partial charge in [-0.1, -0.05) is 0 Å². The quantitative estimate of drug-likeness (QED) is 0.497. The fourth-order valence-electron chi connectivity index (χ4n) is 0.536. The number of hydrogen-bond acceptors (Lipinski definition) is 4. The van der Waals surface area contributed by atoms with E-state index in [1.54, 1.807) is 6.07 Å². The highest BCUT2D eigenvalue weighted by Crippen LogP contribution is 2.01. The Kier molecular flexibility index (Phi) is 2.22. The summed E-state index contributed by atoms with van der Waals surface area (Å²) in [6.07, 6.45) is 1.36. The number of thiocarbonyl (C=S) groups is 1. The van der Waals surface area contributed by atoms with Crippen molar-refractivity contribution in [1.82, 2.24) is 0 Å². The van der Waals surface area contributed by atoms with Gasteiger partial charge in [0.15, 0.2) is 0 Å². The van der Waals surface area contributed by atoms with Gasteiger partial charge in [-0.15, -0.1) is 0 Å². The highest BCUT2D eigenvalue weighted by Gasteiger charge is 2.10. The average Bonchev–Trinajstić information content (AvgIpc) is 2.35. The second-order valence-electron chi connectivity index (χ2n) is 1.69. The molecule has 0 saturated carbocycles. The van der Waals surface area contributed by atoms with E-state index in [2.05, 4.69) is 17.0 Å². The third-order valence-electron chi connectivity index (χ3n) is 0.916. The van der Waals surface area contributed by atoms with Crippen molar-refractivity contribution in [2.75, 3.05) is 0 Å². The van der Waals surface area contributed by atoms with E-state index >= 15 is 0 Å². The van der Waals surface area contributed by atoms with Gasteiger partial charge in [-0.25, -0.2) is 4.79 Å². The number of hydrogen-bond donors (Lipinski definition) is 1. The van der Waals surface area contributed by atoms with E-state index in [1.165, 1.54) is 12.3 Å². The predicted molar refractivity (Wildman–Crippen MR) is 40.9 cm³/mol. The van der Waals surface area contributed by atoms with Crippen LogP contribution in [0.4, 0.5) is 0 Å². The summed E-state index contributed by atoms with van der Waals surface area (Å²) in [5.41, 5.74) is 4.95. The van der Waals surface area contributed by atoms with Gasteiger partial charge in [-0.05, 0) is 24.4 Å². The monoisotopic (exact) mass is 171 g/mol. The van der Waals surface area contributed by atoms with Gasteiger partial charge < -0.3 is 14.9 Å². The summed E-state index contributed by atoms with van der Waals surface area (Å²) < 4.78 is 9.08. The minimum atomic E-state index is -0.678. The first-order valence-electron chi connectivity index (χ1n) is 2.75. The minimum Gasteiger partial charge on any atom is -0.457 e. The molecule has 2 N–H and O–H groups in total. The Bertz CT molecular complexity index is 267. The van der Waals surface area contributed by atoms with Crippen LogP contribution in [-0.4, -0.2) is 11.1 Å². The number of rotatable bonds is 1. The largest absolute Gasteiger partial charge is 0.457 e. The minimum absolute atomic E-state index is 0.0813. The van der Waals surface area contributed by atoms with Crippen LogP contribution >= 0.6 is 12.2 Å². The van der Waals surface area contributed by atoms with Gasteiger partial charge in [0.2, 0.25) is 5.76 Å². The number of nitrogens with two attached hydrogens (primary N) is 1. The van der Waals surface area contributed by atoms with E-state index in [0.717, 1.165) is 0 Å². The first-order valence-corrected chi connectivity index (χ1v) is 3.16. The lowest BCUT2D eigenvalue weighted by Crippen LogP contribution is -2.17. The van der Waals surface area contributed by atoms with Gasteiger partial charge in [-0.2, -0.15) is 0 Å². The zero-order valence-corrected chi connectivity index (χ0v) is 6.26. The number of carbonyl (C=O) groups excluding carboxylic acids is 1. The summed E-state index contributed by atoms with van der Waals surface area (Å²) in [4.78, 5) is 10.8. The van der Waals surface area contributed by atoms with Crippen molar-refractivity contribution in [2.45, 2.75) is 0 Å². The molecule has 1 rings (SSSR count). The molecule has 1 heterocycles. The highest BCUT2D eigenvalue weighted by atomic mass is 32.1. The van der Waals surface area contributed by atoms with Crippen LogP contribution in [0.2, 0.25) is 0 Å². The Balaban J connectivity index is 2.64. The Morgan fingerprint density at radius 3 is 2.91 bits per heavy atom. The lowest BCUT2D eigenvalue weighted by molar-refractivity contribution is 0.0686. The van der Waals surface area contributed by atoms with Crippen molar-refractivity contribution in [3.8, 4) is 0 Å². The normalized spacial score (nSPS) is 9.09. The molecule has 0 bridgehead atoms. The molecule has 0 radical (unpaired) electrons. The first-order chi connectivity index (χ1) is 5.20. The fraction of sp³-hybridized carbons (Fsp3) is 0. The van der Waals surface area contributed by atoms with Gasteiger partial charge in [0, 0.05) is 0 Å². The van der Waals surface area contributed by atoms with Crippen molar-refractivity contribution in [2.24, 2.45) is 5.73 Å². The van der Waals surface area contributed by atoms with Crippen LogP contribution < -0.4 is 5.73 Å². The maximum atomic E-state index is 10.8. The second-order valence-corrected chi connectivity index (χ2v) is 2.09. The van der Waals surface area contributed by atoms with Crippen LogP contribution in [-0.2, 0) is 4.74 Å². The van der Waals surface area contributed by atoms with E-state index in [9.17, 15) is 4.79 Å². The maximum Gasteiger partial charge on any atom is 0.381 e. The molecule has 1 aromatic heterocycles. The lowest BCUT2D eigenvalue weighted by Gasteiger charge is -1.95. The van der Waals surface area contributed by atoms with Crippen LogP contribution in [0.3, 0.4) is 0 Å². The van der Waals surface area contributed by atoms with Crippen LogP contribution in [0.25, 0.3) is 0 Å². The molecule has 11 heavy (non-hydrogen) atoms. The molecule has 4 nitrogen and oxygen atoms in total. The molecule has 0 amide bonds. The summed E-state index contributed by atoms with van der Waals surface area (Å²) in [6.45, 7) is 0. The lowest BCUT2D eigenvalue weighted by atomic mass is 10.5. The van der Waals surface area contributed by atoms with E-state index in [1.807, 2.05) is 0 Å². The Hall–Kier alpha value is -1.36. The summed E-state index contributed by atoms with van der Waals surface area (Å²) in [6, 6.07) is 3.02. The third-order valence-corrected chi connectivity index (χ3v) is 0.999. The fourth-order valence-corrected chi connectivity index (χ4v) is 0.612. The summed E-state index contributed by atoms with van der Waals surface area (Å²) in [5, 5.41) is -0.314. The van der Waals surface area contributed by atoms with Gasteiger partial charge in [0.25, 0.3) is 5.17 Å². The van der Waals surface area contributed by atoms with Gasteiger partial charge in [0.1, 0.15) is 0 Å². The molecule has 0 aliphatic rings. The second kappa shape index (κ2) is 3.16.